The summed E-state index contributed by atoms with van der Waals surface area (Å²) in [6.45, 7) is 17.6. The molecule has 0 bridgehead atoms. The molecule has 1 aliphatic rings. The van der Waals surface area contributed by atoms with Gasteiger partial charge in [0, 0.05) is 58.0 Å². The molecule has 2 aromatic heterocycles. The summed E-state index contributed by atoms with van der Waals surface area (Å²) in [7, 11) is -1.25. The summed E-state index contributed by atoms with van der Waals surface area (Å²) >= 11 is 0. The van der Waals surface area contributed by atoms with Crippen LogP contribution in [0.15, 0.2) is 48.8 Å². The highest BCUT2D eigenvalue weighted by Crippen LogP contribution is 2.30. The molecule has 2 N–H and O–H groups in total. The molecular formula is C33H48N6O4Si. The molecule has 1 aliphatic heterocycles. The zero-order valence-corrected chi connectivity index (χ0v) is 28.3. The average Bonchev–Trinajstić information content (AvgIpc) is 3.38. The zero-order chi connectivity index (χ0) is 31.9. The lowest BCUT2D eigenvalue weighted by atomic mass is 9.96. The highest BCUT2D eigenvalue weighted by Gasteiger charge is 2.25. The maximum absolute atomic E-state index is 13.7. The Labute approximate surface area is 262 Å². The first-order valence-corrected chi connectivity index (χ1v) is 19.2. The van der Waals surface area contributed by atoms with Crippen LogP contribution in [0.25, 0.3) is 11.3 Å². The van der Waals surface area contributed by atoms with E-state index in [4.69, 9.17) is 14.5 Å². The quantitative estimate of drug-likeness (QED) is 0.185. The third-order valence-electron chi connectivity index (χ3n) is 7.44. The minimum absolute atomic E-state index is 0.247. The number of imidazole rings is 1. The maximum atomic E-state index is 13.7. The van der Waals surface area contributed by atoms with Gasteiger partial charge in [0.1, 0.15) is 12.3 Å². The maximum Gasteiger partial charge on any atom is 0.407 e. The van der Waals surface area contributed by atoms with Crippen molar-refractivity contribution >= 4 is 31.4 Å². The van der Waals surface area contributed by atoms with E-state index in [9.17, 15) is 9.59 Å². The number of carbonyl (C=O) groups is 2. The fourth-order valence-corrected chi connectivity index (χ4v) is 5.79. The van der Waals surface area contributed by atoms with E-state index in [-0.39, 0.29) is 18.7 Å². The number of nitrogens with one attached hydrogen (secondary N) is 2. The van der Waals surface area contributed by atoms with Crippen LogP contribution in [0.2, 0.25) is 25.7 Å². The van der Waals surface area contributed by atoms with Crippen molar-refractivity contribution in [1.29, 1.82) is 0 Å². The molecule has 0 aliphatic carbocycles. The van der Waals surface area contributed by atoms with Gasteiger partial charge < -0.3 is 29.6 Å². The number of amides is 2. The number of alkyl carbamates (subject to hydrolysis) is 1. The van der Waals surface area contributed by atoms with Crippen molar-refractivity contribution in [3.05, 3.63) is 60.3 Å². The van der Waals surface area contributed by atoms with Crippen molar-refractivity contribution in [2.24, 2.45) is 5.92 Å². The van der Waals surface area contributed by atoms with Gasteiger partial charge in [0.2, 0.25) is 5.82 Å². The number of para-hydroxylation sites is 2. The molecule has 0 saturated carbocycles. The second-order valence-electron chi connectivity index (χ2n) is 13.7. The summed E-state index contributed by atoms with van der Waals surface area (Å²) in [5.74, 6) is 0.369. The zero-order valence-electron chi connectivity index (χ0n) is 27.3. The fourth-order valence-electron chi connectivity index (χ4n) is 5.03. The molecule has 3 heterocycles. The van der Waals surface area contributed by atoms with Crippen molar-refractivity contribution in [3.8, 4) is 11.3 Å². The molecule has 0 unspecified atom stereocenters. The molecule has 0 atom stereocenters. The fraction of sp³-hybridized carbons (Fsp3) is 0.515. The van der Waals surface area contributed by atoms with Gasteiger partial charge in [-0.25, -0.2) is 9.78 Å². The Kier molecular flexibility index (Phi) is 10.9. The minimum atomic E-state index is -1.25. The van der Waals surface area contributed by atoms with E-state index in [1.807, 2.05) is 70.3 Å². The van der Waals surface area contributed by atoms with Gasteiger partial charge in [0.05, 0.1) is 17.1 Å². The van der Waals surface area contributed by atoms with Crippen LogP contribution in [0.3, 0.4) is 0 Å². The van der Waals surface area contributed by atoms with Gasteiger partial charge in [-0.2, -0.15) is 0 Å². The van der Waals surface area contributed by atoms with Crippen molar-refractivity contribution in [1.82, 2.24) is 19.9 Å². The molecule has 238 valence electrons. The topological polar surface area (TPSA) is 111 Å². The number of aromatic nitrogens is 3. The number of hydrogen-bond acceptors (Lipinski definition) is 7. The van der Waals surface area contributed by atoms with E-state index in [1.165, 1.54) is 0 Å². The average molecular weight is 621 g/mol. The van der Waals surface area contributed by atoms with E-state index >= 15 is 0 Å². The number of ether oxygens (including phenoxy) is 2. The summed E-state index contributed by atoms with van der Waals surface area (Å²) in [6, 6.07) is 12.8. The Morgan fingerprint density at radius 1 is 1.09 bits per heavy atom. The summed E-state index contributed by atoms with van der Waals surface area (Å²) in [5, 5.41) is 6.04. The summed E-state index contributed by atoms with van der Waals surface area (Å²) in [5.41, 5.74) is 3.67. The second-order valence-corrected chi connectivity index (χ2v) is 19.4. The second kappa shape index (κ2) is 14.4. The first-order chi connectivity index (χ1) is 20.8. The molecule has 4 rings (SSSR count). The van der Waals surface area contributed by atoms with Crippen molar-refractivity contribution in [3.63, 3.8) is 0 Å². The van der Waals surface area contributed by atoms with Gasteiger partial charge in [-0.05, 0) is 76.8 Å². The van der Waals surface area contributed by atoms with Crippen LogP contribution >= 0.6 is 0 Å². The van der Waals surface area contributed by atoms with E-state index in [1.54, 1.807) is 10.8 Å². The molecule has 1 fully saturated rings. The van der Waals surface area contributed by atoms with Gasteiger partial charge in [-0.3, -0.25) is 9.78 Å². The first-order valence-electron chi connectivity index (χ1n) is 15.5. The summed E-state index contributed by atoms with van der Waals surface area (Å²) < 4.78 is 13.2. The van der Waals surface area contributed by atoms with Crippen LogP contribution in [0.4, 0.5) is 16.2 Å². The van der Waals surface area contributed by atoms with Crippen LogP contribution in [-0.2, 0) is 16.2 Å². The molecule has 2 amide bonds. The molecule has 44 heavy (non-hydrogen) atoms. The molecule has 1 saturated heterocycles. The number of hydrogen-bond donors (Lipinski definition) is 2. The van der Waals surface area contributed by atoms with Gasteiger partial charge in [0.15, 0.2) is 0 Å². The molecule has 10 nitrogen and oxygen atoms in total. The molecule has 1 aromatic carbocycles. The number of piperidine rings is 1. The number of rotatable bonds is 11. The van der Waals surface area contributed by atoms with Gasteiger partial charge in [0.25, 0.3) is 5.91 Å². The Bertz CT molecular complexity index is 1420. The number of anilines is 2. The standard InChI is InChI=1S/C33H48N6O4Si/c1-24-20-26(12-15-34-24)28-22-39(23-42-18-19-44(5,6)7)30(36-28)31(40)37-27-10-8-9-11-29(27)38-16-13-25(14-17-38)21-35-32(41)43-33(2,3)4/h8-12,15,20,22,25H,13-14,16-19,21,23H2,1-7H3,(H,35,41)(H,37,40). The van der Waals surface area contributed by atoms with Crippen LogP contribution < -0.4 is 15.5 Å². The van der Waals surface area contributed by atoms with Gasteiger partial charge in [-0.1, -0.05) is 31.8 Å². The number of carbonyl (C=O) groups excluding carboxylic acids is 2. The minimum Gasteiger partial charge on any atom is -0.444 e. The smallest absolute Gasteiger partial charge is 0.407 e. The molecule has 3 aromatic rings. The lowest BCUT2D eigenvalue weighted by Gasteiger charge is -2.34. The van der Waals surface area contributed by atoms with E-state index in [0.717, 1.165) is 54.6 Å². The largest absolute Gasteiger partial charge is 0.444 e. The van der Waals surface area contributed by atoms with Gasteiger partial charge in [-0.15, -0.1) is 0 Å². The van der Waals surface area contributed by atoms with Crippen molar-refractivity contribution in [2.75, 3.05) is 36.5 Å². The lowest BCUT2D eigenvalue weighted by molar-refractivity contribution is 0.0516. The SMILES string of the molecule is Cc1cc(-c2cn(COCC[Si](C)(C)C)c(C(=O)Nc3ccccc3N3CCC(CNC(=O)OC(C)(C)C)CC3)n2)ccn1. The first kappa shape index (κ1) is 33.2. The predicted molar refractivity (Wildman–Crippen MR) is 178 cm³/mol. The third-order valence-corrected chi connectivity index (χ3v) is 9.14. The summed E-state index contributed by atoms with van der Waals surface area (Å²) in [6.07, 6.45) is 5.09. The van der Waals surface area contributed by atoms with Crippen molar-refractivity contribution < 1.29 is 19.1 Å². The van der Waals surface area contributed by atoms with E-state index in [2.05, 4.69) is 40.2 Å². The monoisotopic (exact) mass is 620 g/mol. The number of nitrogens with zero attached hydrogens (tertiary/aromatic N) is 4. The normalized spacial score (nSPS) is 14.4. The Balaban J connectivity index is 1.44. The number of pyridine rings is 1. The molecular weight excluding hydrogens is 572 g/mol. The molecule has 0 spiro atoms. The lowest BCUT2D eigenvalue weighted by Crippen LogP contribution is -2.40. The molecule has 0 radical (unpaired) electrons. The van der Waals surface area contributed by atoms with Crippen molar-refractivity contribution in [2.45, 2.75) is 78.6 Å². The number of benzene rings is 1. The number of aryl methyl sites for hydroxylation is 1. The van der Waals surface area contributed by atoms with Crippen LogP contribution in [0.1, 0.15) is 49.9 Å². The summed E-state index contributed by atoms with van der Waals surface area (Å²) in [4.78, 5) is 37.2. The van der Waals surface area contributed by atoms with Gasteiger partial charge >= 0.3 is 6.09 Å². The van der Waals surface area contributed by atoms with Crippen LogP contribution in [0, 0.1) is 12.8 Å². The molecule has 11 heteroatoms. The highest BCUT2D eigenvalue weighted by atomic mass is 28.3. The third kappa shape index (κ3) is 9.92. The van der Waals surface area contributed by atoms with E-state index < -0.39 is 13.7 Å². The van der Waals surface area contributed by atoms with Crippen LogP contribution in [0.5, 0.6) is 0 Å². The highest BCUT2D eigenvalue weighted by molar-refractivity contribution is 6.76. The Hall–Kier alpha value is -3.70. The van der Waals surface area contributed by atoms with Crippen LogP contribution in [-0.4, -0.2) is 66.5 Å². The van der Waals surface area contributed by atoms with E-state index in [0.29, 0.717) is 30.6 Å². The Morgan fingerprint density at radius 3 is 2.50 bits per heavy atom. The predicted octanol–water partition coefficient (Wildman–Crippen LogP) is 6.56. The Morgan fingerprint density at radius 2 is 1.82 bits per heavy atom.